The van der Waals surface area contributed by atoms with Crippen molar-refractivity contribution in [2.75, 3.05) is 19.8 Å². The van der Waals surface area contributed by atoms with E-state index in [2.05, 4.69) is 32.9 Å². The highest BCUT2D eigenvalue weighted by atomic mass is 16.6. The van der Waals surface area contributed by atoms with Crippen molar-refractivity contribution >= 4 is 22.2 Å². The van der Waals surface area contributed by atoms with Crippen LogP contribution >= 0.6 is 0 Å². The lowest BCUT2D eigenvalue weighted by Gasteiger charge is -2.23. The molecule has 0 aromatic carbocycles. The van der Waals surface area contributed by atoms with Crippen LogP contribution < -0.4 is 5.69 Å². The molecule has 8 nitrogen and oxygen atoms in total. The van der Waals surface area contributed by atoms with Gasteiger partial charge < -0.3 is 14.5 Å². The highest BCUT2D eigenvalue weighted by molar-refractivity contribution is 5.87. The second kappa shape index (κ2) is 6.57. The summed E-state index contributed by atoms with van der Waals surface area (Å²) in [5.74, 6) is 0. The molecule has 144 valence electrons. The van der Waals surface area contributed by atoms with Crippen molar-refractivity contribution in [2.24, 2.45) is 0 Å². The van der Waals surface area contributed by atoms with Crippen LogP contribution in [0.3, 0.4) is 0 Å². The van der Waals surface area contributed by atoms with Crippen molar-refractivity contribution in [3.63, 3.8) is 0 Å². The van der Waals surface area contributed by atoms with Crippen LogP contribution in [0.4, 0.5) is 0 Å². The number of pyridine rings is 2. The Kier molecular flexibility index (Phi) is 4.03. The summed E-state index contributed by atoms with van der Waals surface area (Å²) in [4.78, 5) is 27.7. The van der Waals surface area contributed by atoms with Gasteiger partial charge in [-0.3, -0.25) is 9.55 Å². The van der Waals surface area contributed by atoms with Gasteiger partial charge in [-0.2, -0.15) is 0 Å². The number of rotatable bonds is 3. The Labute approximate surface area is 160 Å². The van der Waals surface area contributed by atoms with Gasteiger partial charge in [0.25, 0.3) is 0 Å². The molecule has 28 heavy (non-hydrogen) atoms. The number of fused-ring (bicyclic) bond motifs is 2. The van der Waals surface area contributed by atoms with Crippen LogP contribution in [0.25, 0.3) is 33.3 Å². The molecule has 0 radical (unpaired) electrons. The van der Waals surface area contributed by atoms with Crippen molar-refractivity contribution < 1.29 is 9.47 Å². The second-order valence-electron chi connectivity index (χ2n) is 7.19. The molecule has 0 aliphatic carbocycles. The lowest BCUT2D eigenvalue weighted by atomic mass is 10.0. The number of ether oxygens (including phenoxy) is 2. The fourth-order valence-corrected chi connectivity index (χ4v) is 3.77. The number of nitrogens with one attached hydrogen (secondary N) is 2. The van der Waals surface area contributed by atoms with Crippen molar-refractivity contribution in [1.29, 1.82) is 0 Å². The zero-order chi connectivity index (χ0) is 19.3. The molecule has 1 aliphatic rings. The number of aromatic amines is 2. The standard InChI is InChI=1S/C20H21N5O3/c1-11-7-21-18-15(11)5-13(8-22-18)16-6-17-19(23-12(16)2)24-20(26)25(17)9-14-10-27-3-4-28-14/h5-8,14H,3-4,9-10H2,1-2H3,(H,21,22)(H,23,24,26)/t14-/m0/s1. The van der Waals surface area contributed by atoms with Gasteiger partial charge in [0, 0.05) is 34.6 Å². The topological polar surface area (TPSA) is 97.8 Å². The Hall–Kier alpha value is -2.97. The van der Waals surface area contributed by atoms with E-state index in [-0.39, 0.29) is 11.8 Å². The Bertz CT molecular complexity index is 1230. The molecule has 4 aromatic heterocycles. The van der Waals surface area contributed by atoms with E-state index in [1.54, 1.807) is 4.57 Å². The number of H-pyrrole nitrogens is 2. The molecule has 4 aromatic rings. The lowest BCUT2D eigenvalue weighted by molar-refractivity contribution is -0.0934. The monoisotopic (exact) mass is 379 g/mol. The molecule has 0 saturated carbocycles. The molecule has 0 unspecified atom stereocenters. The predicted octanol–water partition coefficient (Wildman–Crippen LogP) is 2.30. The smallest absolute Gasteiger partial charge is 0.327 e. The highest BCUT2D eigenvalue weighted by Gasteiger charge is 2.19. The van der Waals surface area contributed by atoms with Crippen LogP contribution in [-0.4, -0.2) is 50.4 Å². The fraction of sp³-hybridized carbons (Fsp3) is 0.350. The SMILES string of the molecule is Cc1nc2[nH]c(=O)n(C[C@H]3COCCO3)c2cc1-c1cnc2[nH]cc(C)c2c1. The third-order valence-electron chi connectivity index (χ3n) is 5.27. The predicted molar refractivity (Wildman–Crippen MR) is 105 cm³/mol. The first-order valence-corrected chi connectivity index (χ1v) is 9.34. The summed E-state index contributed by atoms with van der Waals surface area (Å²) in [7, 11) is 0. The third kappa shape index (κ3) is 2.81. The maximum atomic E-state index is 12.5. The van der Waals surface area contributed by atoms with E-state index in [0.717, 1.165) is 38.9 Å². The first kappa shape index (κ1) is 17.2. The number of hydrogen-bond donors (Lipinski definition) is 2. The molecule has 0 amide bonds. The molecule has 1 aliphatic heterocycles. The molecule has 8 heteroatoms. The van der Waals surface area contributed by atoms with E-state index in [0.29, 0.717) is 32.0 Å². The van der Waals surface area contributed by atoms with Gasteiger partial charge in [0.05, 0.1) is 38.0 Å². The average Bonchev–Trinajstić information content (AvgIpc) is 3.21. The molecular formula is C20H21N5O3. The second-order valence-corrected chi connectivity index (χ2v) is 7.19. The molecule has 1 saturated heterocycles. The fourth-order valence-electron chi connectivity index (χ4n) is 3.77. The minimum Gasteiger partial charge on any atom is -0.376 e. The average molecular weight is 379 g/mol. The number of aryl methyl sites for hydroxylation is 2. The molecule has 5 rings (SSSR count). The Morgan fingerprint density at radius 1 is 1.25 bits per heavy atom. The van der Waals surface area contributed by atoms with Crippen molar-refractivity contribution in [3.05, 3.63) is 46.3 Å². The Morgan fingerprint density at radius 3 is 2.96 bits per heavy atom. The van der Waals surface area contributed by atoms with Gasteiger partial charge >= 0.3 is 5.69 Å². The molecule has 2 N–H and O–H groups in total. The first-order valence-electron chi connectivity index (χ1n) is 9.34. The van der Waals surface area contributed by atoms with Crippen LogP contribution in [0.5, 0.6) is 0 Å². The quantitative estimate of drug-likeness (QED) is 0.569. The minimum absolute atomic E-state index is 0.143. The molecule has 1 atom stereocenters. The van der Waals surface area contributed by atoms with Gasteiger partial charge in [-0.15, -0.1) is 0 Å². The molecule has 5 heterocycles. The van der Waals surface area contributed by atoms with Gasteiger partial charge in [0.1, 0.15) is 5.65 Å². The van der Waals surface area contributed by atoms with E-state index in [4.69, 9.17) is 9.47 Å². The van der Waals surface area contributed by atoms with Crippen LogP contribution in [0.15, 0.2) is 29.3 Å². The number of hydrogen-bond acceptors (Lipinski definition) is 5. The zero-order valence-electron chi connectivity index (χ0n) is 15.8. The Morgan fingerprint density at radius 2 is 2.14 bits per heavy atom. The molecule has 0 bridgehead atoms. The van der Waals surface area contributed by atoms with Crippen LogP contribution in [-0.2, 0) is 16.0 Å². The van der Waals surface area contributed by atoms with Crippen LogP contribution in [0, 0.1) is 13.8 Å². The number of nitrogens with zero attached hydrogens (tertiary/aromatic N) is 3. The minimum atomic E-state index is -0.191. The van der Waals surface area contributed by atoms with Crippen LogP contribution in [0.1, 0.15) is 11.3 Å². The van der Waals surface area contributed by atoms with Gasteiger partial charge in [-0.25, -0.2) is 14.8 Å². The Balaban J connectivity index is 1.62. The maximum absolute atomic E-state index is 12.5. The van der Waals surface area contributed by atoms with E-state index in [9.17, 15) is 4.79 Å². The summed E-state index contributed by atoms with van der Waals surface area (Å²) in [6, 6.07) is 4.11. The summed E-state index contributed by atoms with van der Waals surface area (Å²) in [6.45, 7) is 6.05. The summed E-state index contributed by atoms with van der Waals surface area (Å²) >= 11 is 0. The van der Waals surface area contributed by atoms with Crippen molar-refractivity contribution in [1.82, 2.24) is 24.5 Å². The third-order valence-corrected chi connectivity index (χ3v) is 5.27. The molecular weight excluding hydrogens is 358 g/mol. The molecule has 0 spiro atoms. The van der Waals surface area contributed by atoms with E-state index in [1.165, 1.54) is 0 Å². The summed E-state index contributed by atoms with van der Waals surface area (Å²) in [5, 5.41) is 1.08. The van der Waals surface area contributed by atoms with E-state index < -0.39 is 0 Å². The van der Waals surface area contributed by atoms with E-state index >= 15 is 0 Å². The van der Waals surface area contributed by atoms with E-state index in [1.807, 2.05) is 25.4 Å². The van der Waals surface area contributed by atoms with Crippen LogP contribution in [0.2, 0.25) is 0 Å². The van der Waals surface area contributed by atoms with Crippen molar-refractivity contribution in [2.45, 2.75) is 26.5 Å². The zero-order valence-corrected chi connectivity index (χ0v) is 15.8. The summed E-state index contributed by atoms with van der Waals surface area (Å²) < 4.78 is 12.9. The largest absolute Gasteiger partial charge is 0.376 e. The summed E-state index contributed by atoms with van der Waals surface area (Å²) in [5.41, 5.74) is 5.91. The van der Waals surface area contributed by atoms with Crippen molar-refractivity contribution in [3.8, 4) is 11.1 Å². The highest BCUT2D eigenvalue weighted by Crippen LogP contribution is 2.28. The van der Waals surface area contributed by atoms with Gasteiger partial charge in [0.15, 0.2) is 5.65 Å². The van der Waals surface area contributed by atoms with Gasteiger partial charge in [0.2, 0.25) is 0 Å². The normalized spacial score (nSPS) is 17.6. The lowest BCUT2D eigenvalue weighted by Crippen LogP contribution is -2.34. The first-order chi connectivity index (χ1) is 13.6. The maximum Gasteiger partial charge on any atom is 0.327 e. The molecule has 1 fully saturated rings. The van der Waals surface area contributed by atoms with Gasteiger partial charge in [-0.1, -0.05) is 0 Å². The number of aromatic nitrogens is 5. The van der Waals surface area contributed by atoms with Gasteiger partial charge in [-0.05, 0) is 31.5 Å². The summed E-state index contributed by atoms with van der Waals surface area (Å²) in [6.07, 6.45) is 3.64. The number of imidazole rings is 1.